The third kappa shape index (κ3) is 3.13. The third-order valence-corrected chi connectivity index (χ3v) is 5.49. The number of fused-ring (bicyclic) bond motifs is 2. The van der Waals surface area contributed by atoms with Gasteiger partial charge in [-0.15, -0.1) is 0 Å². The molecule has 0 aromatic heterocycles. The Morgan fingerprint density at radius 2 is 1.69 bits per heavy atom. The van der Waals surface area contributed by atoms with Crippen LogP contribution < -0.4 is 14.2 Å². The molecule has 0 bridgehead atoms. The zero-order chi connectivity index (χ0) is 21.7. The van der Waals surface area contributed by atoms with E-state index in [9.17, 15) is 4.79 Å². The van der Waals surface area contributed by atoms with E-state index < -0.39 is 5.97 Å². The van der Waals surface area contributed by atoms with Crippen LogP contribution in [0.4, 0.5) is 0 Å². The van der Waals surface area contributed by atoms with E-state index in [0.29, 0.717) is 39.2 Å². The lowest BCUT2D eigenvalue weighted by Crippen LogP contribution is -2.08. The summed E-state index contributed by atoms with van der Waals surface area (Å²) in [6.07, 6.45) is 1.79. The largest absolute Gasteiger partial charge is 0.456 e. The average molecular weight is 444 g/mol. The summed E-state index contributed by atoms with van der Waals surface area (Å²) in [6.45, 7) is 0.184. The normalized spacial score (nSPS) is 18.5. The lowest BCUT2D eigenvalue weighted by Gasteiger charge is -2.20. The number of ether oxygens (including phenoxy) is 4. The Morgan fingerprint density at radius 1 is 0.812 bits per heavy atom. The van der Waals surface area contributed by atoms with Crippen molar-refractivity contribution in [3.8, 4) is 17.2 Å². The van der Waals surface area contributed by atoms with Gasteiger partial charge in [-0.3, -0.25) is 0 Å². The topological polar surface area (TPSA) is 66.4 Å². The molecule has 32 heavy (non-hydrogen) atoms. The lowest BCUT2D eigenvalue weighted by atomic mass is 9.97. The molecule has 0 unspecified atom stereocenters. The smallest absolute Gasteiger partial charge is 0.364 e. The summed E-state index contributed by atoms with van der Waals surface area (Å²) in [6, 6.07) is 20.0. The lowest BCUT2D eigenvalue weighted by molar-refractivity contribution is -0.129. The highest BCUT2D eigenvalue weighted by Gasteiger charge is 2.31. The maximum Gasteiger partial charge on any atom is 0.364 e. The molecule has 6 nitrogen and oxygen atoms in total. The molecule has 0 spiro atoms. The van der Waals surface area contributed by atoms with Gasteiger partial charge in [-0.25, -0.2) is 9.79 Å². The molecule has 3 aliphatic heterocycles. The molecule has 3 aromatic carbocycles. The van der Waals surface area contributed by atoms with Gasteiger partial charge in [0.15, 0.2) is 17.2 Å². The van der Waals surface area contributed by atoms with Crippen molar-refractivity contribution in [2.45, 2.75) is 0 Å². The molecule has 0 saturated heterocycles. The molecule has 7 heteroatoms. The fourth-order valence-corrected chi connectivity index (χ4v) is 3.93. The summed E-state index contributed by atoms with van der Waals surface area (Å²) in [4.78, 5) is 17.3. The fourth-order valence-electron chi connectivity index (χ4n) is 3.74. The van der Waals surface area contributed by atoms with Gasteiger partial charge in [-0.2, -0.15) is 0 Å². The predicted octanol–water partition coefficient (Wildman–Crippen LogP) is 5.22. The number of halogens is 1. The number of aliphatic imine (C=N–C) groups is 1. The minimum Gasteiger partial charge on any atom is -0.456 e. The summed E-state index contributed by atoms with van der Waals surface area (Å²) in [5.41, 5.74) is 2.98. The Kier molecular flexibility index (Phi) is 4.26. The highest BCUT2D eigenvalue weighted by atomic mass is 35.5. The monoisotopic (exact) mass is 443 g/mol. The van der Waals surface area contributed by atoms with E-state index in [-0.39, 0.29) is 18.4 Å². The molecular formula is C25H14ClNO5. The van der Waals surface area contributed by atoms with Crippen LogP contribution in [-0.4, -0.2) is 18.7 Å². The number of carbonyl (C=O) groups excluding carboxylic acids is 1. The van der Waals surface area contributed by atoms with Crippen LogP contribution in [0.1, 0.15) is 16.7 Å². The summed E-state index contributed by atoms with van der Waals surface area (Å²) >= 11 is 6.09. The number of hydrogen-bond acceptors (Lipinski definition) is 6. The molecule has 3 heterocycles. The molecule has 3 aromatic rings. The molecule has 3 aliphatic rings. The quantitative estimate of drug-likeness (QED) is 0.401. The van der Waals surface area contributed by atoms with Crippen molar-refractivity contribution < 1.29 is 23.7 Å². The van der Waals surface area contributed by atoms with Crippen LogP contribution in [0.5, 0.6) is 17.2 Å². The standard InChI is InChI=1S/C25H14ClNO5/c26-16-5-3-4-15(10-16)24-27-23(25(28)32-24)18-12-21(31-19-7-2-1-6-17(18)19)14-8-9-20-22(11-14)30-13-29-20/h1-12H,13H2/b23-18-. The maximum absolute atomic E-state index is 12.8. The molecule has 0 fully saturated rings. The molecule has 0 amide bonds. The Labute approximate surface area is 188 Å². The molecule has 0 atom stereocenters. The van der Waals surface area contributed by atoms with Crippen LogP contribution >= 0.6 is 11.6 Å². The predicted molar refractivity (Wildman–Crippen MR) is 119 cm³/mol. The van der Waals surface area contributed by atoms with Crippen LogP contribution in [0.2, 0.25) is 5.02 Å². The van der Waals surface area contributed by atoms with Crippen molar-refractivity contribution in [2.24, 2.45) is 4.99 Å². The Morgan fingerprint density at radius 3 is 2.59 bits per heavy atom. The first-order valence-corrected chi connectivity index (χ1v) is 10.2. The summed E-state index contributed by atoms with van der Waals surface area (Å²) in [5.74, 6) is 2.17. The van der Waals surface area contributed by atoms with Gasteiger partial charge in [0.2, 0.25) is 12.7 Å². The van der Waals surface area contributed by atoms with Gasteiger partial charge in [0.05, 0.1) is 0 Å². The Balaban J connectivity index is 1.50. The van der Waals surface area contributed by atoms with Crippen molar-refractivity contribution >= 4 is 34.8 Å². The number of nitrogens with zero attached hydrogens (tertiary/aromatic N) is 1. The van der Waals surface area contributed by atoms with Crippen molar-refractivity contribution in [2.75, 3.05) is 6.79 Å². The highest BCUT2D eigenvalue weighted by molar-refractivity contribution is 6.31. The molecular weight excluding hydrogens is 430 g/mol. The second-order valence-corrected chi connectivity index (χ2v) is 7.69. The zero-order valence-corrected chi connectivity index (χ0v) is 17.3. The van der Waals surface area contributed by atoms with Gasteiger partial charge in [-0.05, 0) is 48.5 Å². The first-order valence-electron chi connectivity index (χ1n) is 9.86. The van der Waals surface area contributed by atoms with Gasteiger partial charge < -0.3 is 18.9 Å². The fraction of sp³-hybridized carbons (Fsp3) is 0.0400. The molecule has 156 valence electrons. The number of benzene rings is 3. The summed E-state index contributed by atoms with van der Waals surface area (Å²) in [7, 11) is 0. The molecule has 0 aliphatic carbocycles. The molecule has 0 radical (unpaired) electrons. The van der Waals surface area contributed by atoms with Gasteiger partial charge in [0, 0.05) is 27.3 Å². The third-order valence-electron chi connectivity index (χ3n) is 5.25. The van der Waals surface area contributed by atoms with Crippen LogP contribution in [0.25, 0.3) is 11.3 Å². The number of cyclic esters (lactones) is 1. The number of esters is 1. The van der Waals surface area contributed by atoms with Crippen LogP contribution in [0, 0.1) is 0 Å². The second kappa shape index (κ2) is 7.28. The molecule has 0 saturated carbocycles. The maximum atomic E-state index is 12.8. The van der Waals surface area contributed by atoms with E-state index >= 15 is 0 Å². The van der Waals surface area contributed by atoms with Gasteiger partial charge in [0.1, 0.15) is 11.5 Å². The van der Waals surface area contributed by atoms with E-state index in [2.05, 4.69) is 4.99 Å². The van der Waals surface area contributed by atoms with Gasteiger partial charge in [0.25, 0.3) is 0 Å². The van der Waals surface area contributed by atoms with E-state index in [0.717, 1.165) is 11.1 Å². The number of allylic oxidation sites excluding steroid dienone is 2. The second-order valence-electron chi connectivity index (χ2n) is 7.25. The van der Waals surface area contributed by atoms with Crippen molar-refractivity contribution in [1.82, 2.24) is 0 Å². The number of hydrogen-bond donors (Lipinski definition) is 0. The summed E-state index contributed by atoms with van der Waals surface area (Å²) < 4.78 is 22.5. The molecule has 0 N–H and O–H groups in total. The number of carbonyl (C=O) groups is 1. The highest BCUT2D eigenvalue weighted by Crippen LogP contribution is 2.42. The minimum atomic E-state index is -0.534. The van der Waals surface area contributed by atoms with Gasteiger partial charge in [-0.1, -0.05) is 35.9 Å². The van der Waals surface area contributed by atoms with E-state index in [1.54, 1.807) is 30.3 Å². The van der Waals surface area contributed by atoms with Crippen LogP contribution in [-0.2, 0) is 9.53 Å². The Bertz CT molecular complexity index is 1390. The zero-order valence-electron chi connectivity index (χ0n) is 16.5. The van der Waals surface area contributed by atoms with Crippen molar-refractivity contribution in [3.05, 3.63) is 100 Å². The number of para-hydroxylation sites is 1. The van der Waals surface area contributed by atoms with Gasteiger partial charge >= 0.3 is 5.97 Å². The number of rotatable bonds is 2. The van der Waals surface area contributed by atoms with E-state index in [1.165, 1.54) is 0 Å². The summed E-state index contributed by atoms with van der Waals surface area (Å²) in [5, 5.41) is 0.531. The average Bonchev–Trinajstić information content (AvgIpc) is 3.44. The molecule has 6 rings (SSSR count). The van der Waals surface area contributed by atoms with Crippen molar-refractivity contribution in [1.29, 1.82) is 0 Å². The Hall–Kier alpha value is -4.03. The van der Waals surface area contributed by atoms with Crippen LogP contribution in [0.3, 0.4) is 0 Å². The van der Waals surface area contributed by atoms with E-state index in [4.69, 9.17) is 30.5 Å². The minimum absolute atomic E-state index is 0.184. The van der Waals surface area contributed by atoms with Crippen LogP contribution in [0.15, 0.2) is 83.5 Å². The van der Waals surface area contributed by atoms with E-state index in [1.807, 2.05) is 42.5 Å². The van der Waals surface area contributed by atoms with Crippen molar-refractivity contribution in [3.63, 3.8) is 0 Å². The first-order chi connectivity index (χ1) is 15.7. The first kappa shape index (κ1) is 18.7. The SMILES string of the molecule is O=C1OC(c2cccc(Cl)c2)=N/C1=C1/C=C(c2ccc3c(c2)OCO3)Oc2ccccc21.